The third kappa shape index (κ3) is 5.40. The van der Waals surface area contributed by atoms with Crippen LogP contribution in [0, 0.1) is 6.92 Å². The number of hydrogen-bond donors (Lipinski definition) is 1. The fourth-order valence-electron chi connectivity index (χ4n) is 4.04. The molecule has 0 unspecified atom stereocenters. The van der Waals surface area contributed by atoms with Gasteiger partial charge in [-0.25, -0.2) is 0 Å². The van der Waals surface area contributed by atoms with Crippen molar-refractivity contribution in [3.63, 3.8) is 0 Å². The zero-order valence-corrected chi connectivity index (χ0v) is 19.9. The SMILES string of the molecule is Cc1nnc(SCC(=O)NCC(C)(C)N2CCc3ccccc3C2)n1Cc1ccccc1. The van der Waals surface area contributed by atoms with Gasteiger partial charge >= 0.3 is 0 Å². The van der Waals surface area contributed by atoms with Crippen LogP contribution in [0.15, 0.2) is 59.8 Å². The quantitative estimate of drug-likeness (QED) is 0.532. The highest BCUT2D eigenvalue weighted by atomic mass is 32.2. The third-order valence-corrected chi connectivity index (χ3v) is 7.09. The highest BCUT2D eigenvalue weighted by molar-refractivity contribution is 7.99. The average molecular weight is 450 g/mol. The average Bonchev–Trinajstić information content (AvgIpc) is 3.15. The lowest BCUT2D eigenvalue weighted by Gasteiger charge is -2.41. The number of nitrogens with zero attached hydrogens (tertiary/aromatic N) is 4. The molecule has 1 aliphatic rings. The van der Waals surface area contributed by atoms with Crippen molar-refractivity contribution in [2.75, 3.05) is 18.8 Å². The smallest absolute Gasteiger partial charge is 0.230 e. The number of thioether (sulfide) groups is 1. The number of aryl methyl sites for hydroxylation is 1. The number of carbonyl (C=O) groups is 1. The Morgan fingerprint density at radius 3 is 2.56 bits per heavy atom. The molecule has 2 aromatic carbocycles. The lowest BCUT2D eigenvalue weighted by atomic mass is 9.94. The van der Waals surface area contributed by atoms with E-state index in [1.165, 1.54) is 28.5 Å². The lowest BCUT2D eigenvalue weighted by Crippen LogP contribution is -2.53. The Balaban J connectivity index is 1.29. The van der Waals surface area contributed by atoms with Crippen LogP contribution in [0.2, 0.25) is 0 Å². The van der Waals surface area contributed by atoms with Gasteiger partial charge in [-0.2, -0.15) is 0 Å². The molecule has 0 saturated carbocycles. The first kappa shape index (κ1) is 22.6. The van der Waals surface area contributed by atoms with Gasteiger partial charge in [-0.15, -0.1) is 10.2 Å². The summed E-state index contributed by atoms with van der Waals surface area (Å²) in [5, 5.41) is 12.4. The van der Waals surface area contributed by atoms with Gasteiger partial charge in [0.15, 0.2) is 5.16 Å². The zero-order valence-electron chi connectivity index (χ0n) is 19.0. The Morgan fingerprint density at radius 1 is 1.06 bits per heavy atom. The molecule has 0 fully saturated rings. The molecule has 7 heteroatoms. The third-order valence-electron chi connectivity index (χ3n) is 6.12. The van der Waals surface area contributed by atoms with Crippen molar-refractivity contribution in [2.24, 2.45) is 0 Å². The second kappa shape index (κ2) is 9.88. The standard InChI is InChI=1S/C25H31N5OS/c1-19-27-28-24(30(19)15-20-9-5-4-6-10-20)32-17-23(31)26-18-25(2,3)29-14-13-21-11-7-8-12-22(21)16-29/h4-12H,13-18H2,1-3H3,(H,26,31). The van der Waals surface area contributed by atoms with Crippen LogP contribution < -0.4 is 5.32 Å². The van der Waals surface area contributed by atoms with E-state index in [0.29, 0.717) is 18.8 Å². The van der Waals surface area contributed by atoms with Gasteiger partial charge in [-0.1, -0.05) is 66.4 Å². The molecule has 0 atom stereocenters. The van der Waals surface area contributed by atoms with Crippen LogP contribution in [0.25, 0.3) is 0 Å². The number of fused-ring (bicyclic) bond motifs is 1. The van der Waals surface area contributed by atoms with Crippen molar-refractivity contribution in [1.29, 1.82) is 0 Å². The number of benzene rings is 2. The minimum absolute atomic E-state index is 0.0207. The molecule has 32 heavy (non-hydrogen) atoms. The van der Waals surface area contributed by atoms with Crippen LogP contribution in [0.4, 0.5) is 0 Å². The van der Waals surface area contributed by atoms with Crippen LogP contribution >= 0.6 is 11.8 Å². The number of nitrogens with one attached hydrogen (secondary N) is 1. The molecule has 0 bridgehead atoms. The molecule has 1 aromatic heterocycles. The molecular formula is C25H31N5OS. The molecule has 1 N–H and O–H groups in total. The Bertz CT molecular complexity index is 1060. The van der Waals surface area contributed by atoms with E-state index in [4.69, 9.17) is 0 Å². The highest BCUT2D eigenvalue weighted by Gasteiger charge is 2.30. The van der Waals surface area contributed by atoms with Crippen molar-refractivity contribution in [3.8, 4) is 0 Å². The van der Waals surface area contributed by atoms with E-state index in [0.717, 1.165) is 30.5 Å². The van der Waals surface area contributed by atoms with Crippen LogP contribution in [-0.2, 0) is 24.3 Å². The van der Waals surface area contributed by atoms with Crippen molar-refractivity contribution in [3.05, 3.63) is 77.1 Å². The lowest BCUT2D eigenvalue weighted by molar-refractivity contribution is -0.119. The summed E-state index contributed by atoms with van der Waals surface area (Å²) < 4.78 is 2.06. The van der Waals surface area contributed by atoms with Crippen molar-refractivity contribution < 1.29 is 4.79 Å². The molecule has 0 spiro atoms. The van der Waals surface area contributed by atoms with Gasteiger partial charge in [-0.3, -0.25) is 9.69 Å². The van der Waals surface area contributed by atoms with Gasteiger partial charge in [0.1, 0.15) is 5.82 Å². The molecule has 6 nitrogen and oxygen atoms in total. The molecule has 1 amide bonds. The van der Waals surface area contributed by atoms with Gasteiger partial charge in [-0.05, 0) is 43.9 Å². The van der Waals surface area contributed by atoms with Crippen LogP contribution in [-0.4, -0.2) is 50.0 Å². The van der Waals surface area contributed by atoms with Gasteiger partial charge in [0, 0.05) is 25.2 Å². The molecule has 0 aliphatic carbocycles. The number of hydrogen-bond acceptors (Lipinski definition) is 5. The van der Waals surface area contributed by atoms with Gasteiger partial charge < -0.3 is 9.88 Å². The Hall–Kier alpha value is -2.64. The number of amides is 1. The van der Waals surface area contributed by atoms with Gasteiger partial charge in [0.25, 0.3) is 0 Å². The van der Waals surface area contributed by atoms with Crippen molar-refractivity contribution >= 4 is 17.7 Å². The number of carbonyl (C=O) groups excluding carboxylic acids is 1. The highest BCUT2D eigenvalue weighted by Crippen LogP contribution is 2.25. The predicted octanol–water partition coefficient (Wildman–Crippen LogP) is 3.68. The Kier molecular flexibility index (Phi) is 6.96. The molecule has 168 valence electrons. The summed E-state index contributed by atoms with van der Waals surface area (Å²) in [6.45, 7) is 9.60. The first-order chi connectivity index (χ1) is 15.4. The van der Waals surface area contributed by atoms with E-state index in [-0.39, 0.29) is 11.4 Å². The van der Waals surface area contributed by atoms with E-state index < -0.39 is 0 Å². The summed E-state index contributed by atoms with van der Waals surface area (Å²) >= 11 is 1.44. The first-order valence-corrected chi connectivity index (χ1v) is 12.1. The molecule has 0 radical (unpaired) electrons. The van der Waals surface area contributed by atoms with E-state index in [2.05, 4.69) is 75.2 Å². The summed E-state index contributed by atoms with van der Waals surface area (Å²) in [6.07, 6.45) is 1.06. The Labute approximate surface area is 194 Å². The van der Waals surface area contributed by atoms with Crippen molar-refractivity contribution in [1.82, 2.24) is 25.0 Å². The summed E-state index contributed by atoms with van der Waals surface area (Å²) in [4.78, 5) is 15.1. The summed E-state index contributed by atoms with van der Waals surface area (Å²) in [7, 11) is 0. The predicted molar refractivity (Wildman–Crippen MR) is 129 cm³/mol. The van der Waals surface area contributed by atoms with E-state index in [1.807, 2.05) is 25.1 Å². The maximum absolute atomic E-state index is 12.6. The van der Waals surface area contributed by atoms with Crippen LogP contribution in [0.1, 0.15) is 36.4 Å². The fraction of sp³-hybridized carbons (Fsp3) is 0.400. The summed E-state index contributed by atoms with van der Waals surface area (Å²) in [5.41, 5.74) is 3.90. The number of rotatable bonds is 8. The maximum atomic E-state index is 12.6. The molecule has 4 rings (SSSR count). The number of aromatic nitrogens is 3. The van der Waals surface area contributed by atoms with E-state index in [9.17, 15) is 4.79 Å². The molecular weight excluding hydrogens is 418 g/mol. The minimum Gasteiger partial charge on any atom is -0.354 e. The largest absolute Gasteiger partial charge is 0.354 e. The second-order valence-corrected chi connectivity index (χ2v) is 9.86. The fourth-order valence-corrected chi connectivity index (χ4v) is 4.85. The molecule has 1 aliphatic heterocycles. The van der Waals surface area contributed by atoms with Crippen LogP contribution in [0.5, 0.6) is 0 Å². The van der Waals surface area contributed by atoms with Gasteiger partial charge in [0.2, 0.25) is 5.91 Å². The minimum atomic E-state index is -0.113. The first-order valence-electron chi connectivity index (χ1n) is 11.1. The molecule has 3 aromatic rings. The van der Waals surface area contributed by atoms with Crippen LogP contribution in [0.3, 0.4) is 0 Å². The molecule has 0 saturated heterocycles. The Morgan fingerprint density at radius 2 is 1.78 bits per heavy atom. The zero-order chi connectivity index (χ0) is 22.6. The monoisotopic (exact) mass is 449 g/mol. The van der Waals surface area contributed by atoms with Crippen molar-refractivity contribution in [2.45, 2.75) is 51.0 Å². The second-order valence-electron chi connectivity index (χ2n) is 8.92. The summed E-state index contributed by atoms with van der Waals surface area (Å²) in [5.74, 6) is 1.20. The molecule has 2 heterocycles. The maximum Gasteiger partial charge on any atom is 0.230 e. The van der Waals surface area contributed by atoms with E-state index in [1.54, 1.807) is 0 Å². The normalized spacial score (nSPS) is 14.2. The van der Waals surface area contributed by atoms with Gasteiger partial charge in [0.05, 0.1) is 12.3 Å². The van der Waals surface area contributed by atoms with E-state index >= 15 is 0 Å². The summed E-state index contributed by atoms with van der Waals surface area (Å²) in [6, 6.07) is 18.9. The topological polar surface area (TPSA) is 63.1 Å².